The van der Waals surface area contributed by atoms with Gasteiger partial charge in [0.05, 0.1) is 6.61 Å². The van der Waals surface area contributed by atoms with E-state index in [-0.39, 0.29) is 12.5 Å². The Bertz CT molecular complexity index is 616. The third-order valence-electron chi connectivity index (χ3n) is 5.24. The van der Waals surface area contributed by atoms with Gasteiger partial charge in [0.1, 0.15) is 12.3 Å². The summed E-state index contributed by atoms with van der Waals surface area (Å²) in [5.74, 6) is 0.885. The van der Waals surface area contributed by atoms with Gasteiger partial charge >= 0.3 is 0 Å². The minimum atomic E-state index is -0.0429. The zero-order valence-corrected chi connectivity index (χ0v) is 20.5. The number of carbonyl (C=O) groups excluding carboxylic acids is 1. The molecule has 0 spiro atoms. The summed E-state index contributed by atoms with van der Waals surface area (Å²) < 4.78 is 5.94. The Morgan fingerprint density at radius 3 is 2.42 bits per heavy atom. The lowest BCUT2D eigenvalue weighted by Gasteiger charge is -2.30. The van der Waals surface area contributed by atoms with Crippen LogP contribution in [0.1, 0.15) is 70.9 Å². The lowest BCUT2D eigenvalue weighted by molar-refractivity contribution is -0.143. The zero-order valence-electron chi connectivity index (χ0n) is 20.5. The number of piperidine rings is 1. The molecular weight excluding hydrogens is 390 g/mol. The molecule has 0 radical (unpaired) electrons. The summed E-state index contributed by atoms with van der Waals surface area (Å²) in [6.45, 7) is 13.9. The number of fused-ring (bicyclic) bond motifs is 1. The fourth-order valence-electron chi connectivity index (χ4n) is 3.79. The molecule has 31 heavy (non-hydrogen) atoms. The topological polar surface area (TPSA) is 56.3 Å². The summed E-state index contributed by atoms with van der Waals surface area (Å²) >= 11 is 0. The molecule has 2 aliphatic heterocycles. The highest BCUT2D eigenvalue weighted by Crippen LogP contribution is 2.24. The normalized spacial score (nSPS) is 15.9. The summed E-state index contributed by atoms with van der Waals surface area (Å²) in [5, 5.41) is 10.2. The van der Waals surface area contributed by atoms with Crippen LogP contribution in [0.15, 0.2) is 18.2 Å². The number of amides is 1. The molecule has 1 saturated heterocycles. The predicted octanol–water partition coefficient (Wildman–Crippen LogP) is 4.59. The smallest absolute Gasteiger partial charge is 0.239 e. The molecular formula is C25H45N3O3. The Hall–Kier alpha value is -1.63. The second kappa shape index (κ2) is 16.1. The van der Waals surface area contributed by atoms with E-state index in [1.165, 1.54) is 56.9 Å². The van der Waals surface area contributed by atoms with Gasteiger partial charge in [-0.15, -0.1) is 0 Å². The van der Waals surface area contributed by atoms with Crippen molar-refractivity contribution in [3.63, 3.8) is 0 Å². The molecule has 3 rings (SSSR count). The molecule has 0 aliphatic carbocycles. The number of hydroxylamine groups is 2. The number of likely N-dealkylation sites (N-methyl/N-ethyl adjacent to an activating group) is 1. The quantitative estimate of drug-likeness (QED) is 0.501. The van der Waals surface area contributed by atoms with Crippen LogP contribution in [-0.2, 0) is 17.8 Å². The van der Waals surface area contributed by atoms with Crippen LogP contribution in [0.3, 0.4) is 0 Å². The van der Waals surface area contributed by atoms with Gasteiger partial charge in [0.2, 0.25) is 5.91 Å². The number of rotatable bonds is 7. The minimum Gasteiger partial charge on any atom is -0.494 e. The van der Waals surface area contributed by atoms with E-state index in [0.717, 1.165) is 36.8 Å². The summed E-state index contributed by atoms with van der Waals surface area (Å²) in [5.41, 5.74) is 2.44. The van der Waals surface area contributed by atoms with Gasteiger partial charge in [-0.2, -0.15) is 5.06 Å². The average Bonchev–Trinajstić information content (AvgIpc) is 2.78. The van der Waals surface area contributed by atoms with Crippen LogP contribution in [0, 0.1) is 0 Å². The van der Waals surface area contributed by atoms with Crippen LogP contribution in [0.2, 0.25) is 0 Å². The van der Waals surface area contributed by atoms with Crippen LogP contribution in [-0.4, -0.2) is 72.4 Å². The third kappa shape index (κ3) is 10.5. The summed E-state index contributed by atoms with van der Waals surface area (Å²) in [6, 6.07) is 6.19. The van der Waals surface area contributed by atoms with Crippen LogP contribution >= 0.6 is 0 Å². The van der Waals surface area contributed by atoms with E-state index in [4.69, 9.17) is 4.74 Å². The molecule has 2 aliphatic rings. The second-order valence-electron chi connectivity index (χ2n) is 8.12. The van der Waals surface area contributed by atoms with Crippen molar-refractivity contribution in [3.8, 4) is 5.75 Å². The molecule has 6 nitrogen and oxygen atoms in total. The van der Waals surface area contributed by atoms with Crippen LogP contribution < -0.4 is 4.74 Å². The predicted molar refractivity (Wildman–Crippen MR) is 128 cm³/mol. The zero-order chi connectivity index (χ0) is 23.1. The average molecular weight is 436 g/mol. The van der Waals surface area contributed by atoms with Gasteiger partial charge in [0, 0.05) is 26.7 Å². The van der Waals surface area contributed by atoms with Crippen molar-refractivity contribution >= 4 is 5.91 Å². The van der Waals surface area contributed by atoms with Crippen molar-refractivity contribution in [2.45, 2.75) is 72.8 Å². The first-order valence-corrected chi connectivity index (χ1v) is 12.2. The number of ether oxygens (including phenoxy) is 1. The Labute approximate surface area is 190 Å². The molecule has 1 N–H and O–H groups in total. The van der Waals surface area contributed by atoms with Crippen molar-refractivity contribution in [1.29, 1.82) is 0 Å². The lowest BCUT2D eigenvalue weighted by atomic mass is 9.99. The molecule has 1 fully saturated rings. The third-order valence-corrected chi connectivity index (χ3v) is 5.24. The monoisotopic (exact) mass is 435 g/mol. The Balaban J connectivity index is 0.000000884. The van der Waals surface area contributed by atoms with E-state index in [2.05, 4.69) is 30.9 Å². The molecule has 1 amide bonds. The molecule has 2 heterocycles. The van der Waals surface area contributed by atoms with E-state index < -0.39 is 0 Å². The fraction of sp³-hybridized carbons (Fsp3) is 0.720. The fourth-order valence-corrected chi connectivity index (χ4v) is 3.79. The van der Waals surface area contributed by atoms with E-state index in [1.54, 1.807) is 4.90 Å². The Kier molecular flexibility index (Phi) is 14.2. The molecule has 1 aromatic carbocycles. The SMILES string of the molecule is CC.CCC.CN(O)CC(=O)N1CCc2cc(OCCCN3CCCCC3)ccc2C1. The van der Waals surface area contributed by atoms with Crippen molar-refractivity contribution in [2.75, 3.05) is 46.4 Å². The van der Waals surface area contributed by atoms with Crippen molar-refractivity contribution < 1.29 is 14.7 Å². The summed E-state index contributed by atoms with van der Waals surface area (Å²) in [7, 11) is 1.49. The maximum atomic E-state index is 12.1. The van der Waals surface area contributed by atoms with Crippen molar-refractivity contribution in [3.05, 3.63) is 29.3 Å². The maximum absolute atomic E-state index is 12.1. The van der Waals surface area contributed by atoms with Gasteiger partial charge in [0.25, 0.3) is 0 Å². The van der Waals surface area contributed by atoms with E-state index in [0.29, 0.717) is 13.1 Å². The molecule has 0 bridgehead atoms. The highest BCUT2D eigenvalue weighted by atomic mass is 16.5. The largest absolute Gasteiger partial charge is 0.494 e. The Morgan fingerprint density at radius 1 is 1.10 bits per heavy atom. The summed E-state index contributed by atoms with van der Waals surface area (Å²) in [4.78, 5) is 16.4. The van der Waals surface area contributed by atoms with Gasteiger partial charge < -0.3 is 19.7 Å². The molecule has 6 heteroatoms. The number of carbonyl (C=O) groups is 1. The standard InChI is InChI=1S/C20H31N3O3.C3H8.C2H6/c1-21(25)16-20(24)23-12-8-17-14-19(7-6-18(17)15-23)26-13-5-11-22-9-3-2-4-10-22;1-3-2;1-2/h6-7,14,25H,2-5,8-13,15-16H2,1H3;3H2,1-2H3;1-2H3. The van der Waals surface area contributed by atoms with Gasteiger partial charge in [-0.25, -0.2) is 0 Å². The van der Waals surface area contributed by atoms with Gasteiger partial charge in [-0.05, 0) is 62.0 Å². The number of benzene rings is 1. The number of nitrogens with zero attached hydrogens (tertiary/aromatic N) is 3. The van der Waals surface area contributed by atoms with Gasteiger partial charge in [0.15, 0.2) is 0 Å². The first-order valence-electron chi connectivity index (χ1n) is 12.2. The Morgan fingerprint density at radius 2 is 1.77 bits per heavy atom. The highest BCUT2D eigenvalue weighted by Gasteiger charge is 2.21. The number of hydrogen-bond donors (Lipinski definition) is 1. The molecule has 178 valence electrons. The molecule has 0 unspecified atom stereocenters. The van der Waals surface area contributed by atoms with E-state index >= 15 is 0 Å². The van der Waals surface area contributed by atoms with E-state index in [9.17, 15) is 10.0 Å². The van der Waals surface area contributed by atoms with Crippen LogP contribution in [0.4, 0.5) is 0 Å². The maximum Gasteiger partial charge on any atom is 0.239 e. The van der Waals surface area contributed by atoms with E-state index in [1.807, 2.05) is 19.9 Å². The first kappa shape index (κ1) is 27.4. The lowest BCUT2D eigenvalue weighted by Crippen LogP contribution is -2.40. The number of hydrogen-bond acceptors (Lipinski definition) is 5. The van der Waals surface area contributed by atoms with Crippen molar-refractivity contribution in [1.82, 2.24) is 14.9 Å². The highest BCUT2D eigenvalue weighted by molar-refractivity contribution is 5.78. The van der Waals surface area contributed by atoms with Crippen LogP contribution in [0.25, 0.3) is 0 Å². The first-order chi connectivity index (χ1) is 15.0. The minimum absolute atomic E-state index is 0.0353. The van der Waals surface area contributed by atoms with Gasteiger partial charge in [-0.3, -0.25) is 4.79 Å². The summed E-state index contributed by atoms with van der Waals surface area (Å²) in [6.07, 6.45) is 7.19. The number of likely N-dealkylation sites (tertiary alicyclic amines) is 1. The molecule has 0 atom stereocenters. The second-order valence-corrected chi connectivity index (χ2v) is 8.12. The molecule has 0 saturated carbocycles. The van der Waals surface area contributed by atoms with Gasteiger partial charge in [-0.1, -0.05) is 46.6 Å². The van der Waals surface area contributed by atoms with Crippen LogP contribution in [0.5, 0.6) is 5.75 Å². The molecule has 1 aromatic rings. The molecule has 0 aromatic heterocycles. The van der Waals surface area contributed by atoms with Crippen molar-refractivity contribution in [2.24, 2.45) is 0 Å².